The Balaban J connectivity index is 1.50. The molecule has 2 aliphatic rings. The number of likely N-dealkylation sites (N-methyl/N-ethyl adjacent to an activating group) is 1. The van der Waals surface area contributed by atoms with E-state index < -0.39 is 49.3 Å². The van der Waals surface area contributed by atoms with Crippen LogP contribution >= 0.6 is 0 Å². The Kier molecular flexibility index (Phi) is 8.99. The second kappa shape index (κ2) is 12.3. The van der Waals surface area contributed by atoms with Crippen LogP contribution in [0.2, 0.25) is 18.1 Å². The van der Waals surface area contributed by atoms with E-state index in [9.17, 15) is 28.0 Å². The first-order chi connectivity index (χ1) is 21.9. The summed E-state index contributed by atoms with van der Waals surface area (Å²) in [4.78, 5) is 61.7. The van der Waals surface area contributed by atoms with Crippen molar-refractivity contribution in [2.45, 2.75) is 83.1 Å². The number of halogens is 2. The molecule has 3 atom stereocenters. The van der Waals surface area contributed by atoms with Crippen LogP contribution in [-0.4, -0.2) is 78.9 Å². The largest absolute Gasteiger partial charge is 0.409 e. The van der Waals surface area contributed by atoms with Gasteiger partial charge in [0.15, 0.2) is 14.1 Å². The molecule has 0 bridgehead atoms. The van der Waals surface area contributed by atoms with Gasteiger partial charge in [0.25, 0.3) is 5.91 Å². The van der Waals surface area contributed by atoms with Gasteiger partial charge < -0.3 is 24.5 Å². The quantitative estimate of drug-likeness (QED) is 0.272. The number of H-pyrrole nitrogens is 1. The van der Waals surface area contributed by atoms with Crippen LogP contribution in [0.5, 0.6) is 0 Å². The van der Waals surface area contributed by atoms with Crippen molar-refractivity contribution in [1.29, 1.82) is 0 Å². The second-order valence-corrected chi connectivity index (χ2v) is 19.7. The number of nitrogens with zero attached hydrogens (tertiary/aromatic N) is 2. The van der Waals surface area contributed by atoms with E-state index in [0.29, 0.717) is 5.69 Å². The Morgan fingerprint density at radius 3 is 2.47 bits per heavy atom. The number of Topliss-reactive ketones (excluding diaryl/α,β-unsaturated/α-hetero) is 1. The Morgan fingerprint density at radius 2 is 1.81 bits per heavy atom. The van der Waals surface area contributed by atoms with Gasteiger partial charge >= 0.3 is 0 Å². The predicted octanol–water partition coefficient (Wildman–Crippen LogP) is 6.01. The molecular formula is C35H44F2N4O5Si. The lowest BCUT2D eigenvalue weighted by Gasteiger charge is -2.37. The highest BCUT2D eigenvalue weighted by Gasteiger charge is 2.58. The van der Waals surface area contributed by atoms with Crippen LogP contribution in [0.4, 0.5) is 14.5 Å². The van der Waals surface area contributed by atoms with Gasteiger partial charge in [-0.25, -0.2) is 8.78 Å². The standard InChI is InChI=1S/C35H44F2N4O5Si/c1-20(2)13-28(40(6)31(43)27-16-22-24(37)14-21(36)15-26(22)38-27)32(44)41-19-35(23-11-9-10-12-25(23)39-33(35)45)17-29(41)30(42)18-46-47(7,8)34(3,4)5/h9-12,14-16,20,28-29,38H,13,17-19H2,1-8H3,(H,39,45)/t28-,29-,35-/m0/s1. The van der Waals surface area contributed by atoms with E-state index in [1.165, 1.54) is 22.9 Å². The lowest BCUT2D eigenvalue weighted by molar-refractivity contribution is -0.142. The summed E-state index contributed by atoms with van der Waals surface area (Å²) in [5.74, 6) is -3.28. The highest BCUT2D eigenvalue weighted by atomic mass is 28.4. The molecule has 0 radical (unpaired) electrons. The molecule has 252 valence electrons. The number of benzene rings is 2. The minimum absolute atomic E-state index is 0.00839. The second-order valence-electron chi connectivity index (χ2n) is 14.9. The molecule has 2 aliphatic heterocycles. The van der Waals surface area contributed by atoms with E-state index in [1.807, 2.05) is 45.1 Å². The number of carbonyl (C=O) groups is 4. The van der Waals surface area contributed by atoms with Crippen LogP contribution in [0.3, 0.4) is 0 Å². The molecule has 1 aromatic heterocycles. The maximum absolute atomic E-state index is 14.7. The first-order valence-electron chi connectivity index (χ1n) is 16.0. The Labute approximate surface area is 275 Å². The van der Waals surface area contributed by atoms with Gasteiger partial charge in [0, 0.05) is 30.7 Å². The number of anilines is 1. The van der Waals surface area contributed by atoms with Crippen molar-refractivity contribution in [2.24, 2.45) is 5.92 Å². The molecule has 3 aromatic rings. The number of para-hydroxylation sites is 1. The zero-order valence-corrected chi connectivity index (χ0v) is 29.3. The van der Waals surface area contributed by atoms with E-state index in [0.717, 1.165) is 17.7 Å². The highest BCUT2D eigenvalue weighted by Crippen LogP contribution is 2.47. The van der Waals surface area contributed by atoms with Crippen LogP contribution < -0.4 is 5.32 Å². The van der Waals surface area contributed by atoms with Crippen molar-refractivity contribution in [1.82, 2.24) is 14.8 Å². The molecule has 2 aromatic carbocycles. The maximum atomic E-state index is 14.7. The van der Waals surface area contributed by atoms with Gasteiger partial charge in [-0.3, -0.25) is 19.2 Å². The molecular weight excluding hydrogens is 622 g/mol. The number of fused-ring (bicyclic) bond motifs is 3. The van der Waals surface area contributed by atoms with Crippen molar-refractivity contribution in [3.63, 3.8) is 0 Å². The molecule has 9 nitrogen and oxygen atoms in total. The SMILES string of the molecule is CC(C)C[C@@H](C(=O)N1C[C@]2(C[C@H]1C(=O)CO[Si](C)(C)C(C)(C)C)C(=O)Nc1ccccc12)N(C)C(=O)c1cc2c(F)cc(F)cc2[nH]1. The first-order valence-corrected chi connectivity index (χ1v) is 18.9. The number of aromatic amines is 1. The molecule has 2 N–H and O–H groups in total. The van der Waals surface area contributed by atoms with Crippen molar-refractivity contribution in [3.05, 3.63) is 65.4 Å². The number of hydrogen-bond acceptors (Lipinski definition) is 5. The zero-order chi connectivity index (χ0) is 34.6. The Bertz CT molecular complexity index is 1750. The molecule has 1 fully saturated rings. The first kappa shape index (κ1) is 34.4. The third-order valence-electron chi connectivity index (χ3n) is 10.2. The number of nitrogens with one attached hydrogen (secondary N) is 2. The summed E-state index contributed by atoms with van der Waals surface area (Å²) in [5, 5.41) is 2.84. The molecule has 1 spiro atoms. The summed E-state index contributed by atoms with van der Waals surface area (Å²) in [7, 11) is -0.842. The normalized spacial score (nSPS) is 20.2. The molecule has 0 unspecified atom stereocenters. The van der Waals surface area contributed by atoms with Gasteiger partial charge in [0.05, 0.1) is 23.6 Å². The molecule has 3 amide bonds. The summed E-state index contributed by atoms with van der Waals surface area (Å²) < 4.78 is 34.6. The van der Waals surface area contributed by atoms with Crippen LogP contribution in [0.25, 0.3) is 10.9 Å². The number of hydrogen-bond donors (Lipinski definition) is 2. The average Bonchev–Trinajstić information content (AvgIpc) is 3.68. The Morgan fingerprint density at radius 1 is 1.13 bits per heavy atom. The predicted molar refractivity (Wildman–Crippen MR) is 179 cm³/mol. The lowest BCUT2D eigenvalue weighted by Crippen LogP contribution is -2.54. The van der Waals surface area contributed by atoms with E-state index in [2.05, 4.69) is 31.1 Å². The molecule has 1 saturated heterocycles. The third kappa shape index (κ3) is 6.25. The summed E-state index contributed by atoms with van der Waals surface area (Å²) >= 11 is 0. The van der Waals surface area contributed by atoms with Gasteiger partial charge in [-0.1, -0.05) is 52.8 Å². The minimum atomic E-state index is -2.32. The van der Waals surface area contributed by atoms with Gasteiger partial charge in [-0.15, -0.1) is 0 Å². The highest BCUT2D eigenvalue weighted by molar-refractivity contribution is 6.74. The van der Waals surface area contributed by atoms with Gasteiger partial charge in [0.1, 0.15) is 23.4 Å². The lowest BCUT2D eigenvalue weighted by atomic mass is 9.79. The van der Waals surface area contributed by atoms with E-state index in [1.54, 1.807) is 6.07 Å². The average molecular weight is 667 g/mol. The summed E-state index contributed by atoms with van der Waals surface area (Å²) in [6, 6.07) is 8.44. The molecule has 5 rings (SSSR count). The van der Waals surface area contributed by atoms with Crippen LogP contribution in [0, 0.1) is 17.6 Å². The number of rotatable bonds is 9. The van der Waals surface area contributed by atoms with E-state index in [-0.39, 0.29) is 65.2 Å². The van der Waals surface area contributed by atoms with Gasteiger partial charge in [-0.05, 0) is 60.7 Å². The molecule has 0 saturated carbocycles. The van der Waals surface area contributed by atoms with Crippen molar-refractivity contribution in [2.75, 3.05) is 25.5 Å². The number of aromatic nitrogens is 1. The molecule has 47 heavy (non-hydrogen) atoms. The summed E-state index contributed by atoms with van der Waals surface area (Å²) in [6.45, 7) is 13.9. The topological polar surface area (TPSA) is 112 Å². The Hall–Kier alpha value is -3.90. The van der Waals surface area contributed by atoms with Crippen LogP contribution in [0.15, 0.2) is 42.5 Å². The molecule has 12 heteroatoms. The fourth-order valence-electron chi connectivity index (χ4n) is 6.39. The van der Waals surface area contributed by atoms with Crippen molar-refractivity contribution >= 4 is 48.4 Å². The number of likely N-dealkylation sites (tertiary alicyclic amines) is 1. The van der Waals surface area contributed by atoms with E-state index in [4.69, 9.17) is 4.43 Å². The zero-order valence-electron chi connectivity index (χ0n) is 28.3. The smallest absolute Gasteiger partial charge is 0.270 e. The molecule has 3 heterocycles. The monoisotopic (exact) mass is 666 g/mol. The fourth-order valence-corrected chi connectivity index (χ4v) is 7.33. The number of ketones is 1. The number of amides is 3. The maximum Gasteiger partial charge on any atom is 0.270 e. The van der Waals surface area contributed by atoms with Gasteiger partial charge in [0.2, 0.25) is 11.8 Å². The van der Waals surface area contributed by atoms with Crippen LogP contribution in [0.1, 0.15) is 63.5 Å². The minimum Gasteiger partial charge on any atom is -0.409 e. The van der Waals surface area contributed by atoms with E-state index >= 15 is 0 Å². The van der Waals surface area contributed by atoms with Crippen molar-refractivity contribution < 1.29 is 32.4 Å². The third-order valence-corrected chi connectivity index (χ3v) is 14.6. The summed E-state index contributed by atoms with van der Waals surface area (Å²) in [6.07, 6.45) is 0.345. The van der Waals surface area contributed by atoms with Gasteiger partial charge in [-0.2, -0.15) is 0 Å². The molecule has 0 aliphatic carbocycles. The fraction of sp³-hybridized carbons (Fsp3) is 0.486. The number of carbonyl (C=O) groups excluding carboxylic acids is 4. The van der Waals surface area contributed by atoms with Crippen LogP contribution in [-0.2, 0) is 24.2 Å². The van der Waals surface area contributed by atoms with Crippen molar-refractivity contribution in [3.8, 4) is 0 Å². The summed E-state index contributed by atoms with van der Waals surface area (Å²) in [5.41, 5.74) is 0.328.